The summed E-state index contributed by atoms with van der Waals surface area (Å²) in [6.07, 6.45) is 9.26. The predicted octanol–water partition coefficient (Wildman–Crippen LogP) is 4.72. The van der Waals surface area contributed by atoms with Gasteiger partial charge < -0.3 is 4.57 Å². The maximum absolute atomic E-state index is 2.52. The second kappa shape index (κ2) is 7.54. The largest absolute Gasteiger partial charge is 0.349 e. The van der Waals surface area contributed by atoms with Crippen molar-refractivity contribution in [3.63, 3.8) is 0 Å². The third-order valence-corrected chi connectivity index (χ3v) is 3.31. The van der Waals surface area contributed by atoms with Crippen LogP contribution in [0.15, 0.2) is 12.1 Å². The number of nitrogens with zero attached hydrogens (tertiary/aromatic N) is 1. The minimum Gasteiger partial charge on any atom is -0.349 e. The van der Waals surface area contributed by atoms with Crippen LogP contribution in [0.3, 0.4) is 0 Å². The minimum atomic E-state index is 1.22. The first-order valence-electron chi connectivity index (χ1n) is 6.94. The van der Waals surface area contributed by atoms with E-state index < -0.39 is 0 Å². The van der Waals surface area contributed by atoms with E-state index in [1.54, 1.807) is 5.69 Å². The zero-order valence-corrected chi connectivity index (χ0v) is 11.3. The van der Waals surface area contributed by atoms with Crippen LogP contribution < -0.4 is 0 Å². The van der Waals surface area contributed by atoms with Crippen molar-refractivity contribution in [3.8, 4) is 0 Å². The zero-order valence-electron chi connectivity index (χ0n) is 11.3. The smallest absolute Gasteiger partial charge is 0.0224 e. The van der Waals surface area contributed by atoms with Crippen molar-refractivity contribution in [1.29, 1.82) is 0 Å². The van der Waals surface area contributed by atoms with Crippen LogP contribution in [0.4, 0.5) is 0 Å². The number of aromatic nitrogens is 1. The molecular weight excluding hydrogens is 194 g/mol. The quantitative estimate of drug-likeness (QED) is 0.560. The zero-order chi connectivity index (χ0) is 11.8. The SMILES string of the molecule is CCCCCc1ccc(C)n1CCCCC. The van der Waals surface area contributed by atoms with Gasteiger partial charge in [-0.25, -0.2) is 0 Å². The second-order valence-corrected chi connectivity index (χ2v) is 4.78. The lowest BCUT2D eigenvalue weighted by atomic mass is 10.1. The van der Waals surface area contributed by atoms with Crippen molar-refractivity contribution in [1.82, 2.24) is 4.57 Å². The topological polar surface area (TPSA) is 4.93 Å². The van der Waals surface area contributed by atoms with E-state index in [-0.39, 0.29) is 0 Å². The van der Waals surface area contributed by atoms with Gasteiger partial charge in [-0.2, -0.15) is 0 Å². The fourth-order valence-electron chi connectivity index (χ4n) is 2.24. The fourth-order valence-corrected chi connectivity index (χ4v) is 2.24. The molecule has 0 aromatic carbocycles. The molecule has 0 amide bonds. The van der Waals surface area contributed by atoms with E-state index in [9.17, 15) is 0 Å². The lowest BCUT2D eigenvalue weighted by Crippen LogP contribution is -2.05. The molecule has 0 aliphatic heterocycles. The number of unbranched alkanes of at least 4 members (excludes halogenated alkanes) is 4. The number of hydrogen-bond donors (Lipinski definition) is 0. The third kappa shape index (κ3) is 4.03. The van der Waals surface area contributed by atoms with Crippen molar-refractivity contribution >= 4 is 0 Å². The van der Waals surface area contributed by atoms with E-state index in [4.69, 9.17) is 0 Å². The molecule has 0 saturated carbocycles. The van der Waals surface area contributed by atoms with Gasteiger partial charge >= 0.3 is 0 Å². The molecule has 0 aliphatic carbocycles. The van der Waals surface area contributed by atoms with Gasteiger partial charge in [0.15, 0.2) is 0 Å². The third-order valence-electron chi connectivity index (χ3n) is 3.31. The van der Waals surface area contributed by atoms with Gasteiger partial charge in [-0.15, -0.1) is 0 Å². The van der Waals surface area contributed by atoms with Gasteiger partial charge in [-0.3, -0.25) is 0 Å². The molecule has 1 heteroatoms. The molecule has 0 spiro atoms. The average molecular weight is 221 g/mol. The highest BCUT2D eigenvalue weighted by molar-refractivity contribution is 5.15. The van der Waals surface area contributed by atoms with Crippen LogP contribution >= 0.6 is 0 Å². The maximum atomic E-state index is 2.52. The predicted molar refractivity (Wildman–Crippen MR) is 71.9 cm³/mol. The standard InChI is InChI=1S/C15H27N/c1-4-6-8-10-15-12-11-14(3)16(15)13-9-7-5-2/h11-12H,4-10,13H2,1-3H3. The van der Waals surface area contributed by atoms with Gasteiger partial charge in [0.2, 0.25) is 0 Å². The molecule has 16 heavy (non-hydrogen) atoms. The van der Waals surface area contributed by atoms with Crippen molar-refractivity contribution in [2.45, 2.75) is 72.3 Å². The summed E-state index contributed by atoms with van der Waals surface area (Å²) < 4.78 is 2.52. The Bertz CT molecular complexity index is 286. The van der Waals surface area contributed by atoms with E-state index >= 15 is 0 Å². The molecule has 0 saturated heterocycles. The number of hydrogen-bond acceptors (Lipinski definition) is 0. The van der Waals surface area contributed by atoms with Crippen LogP contribution in [0.5, 0.6) is 0 Å². The van der Waals surface area contributed by atoms with E-state index in [0.717, 1.165) is 0 Å². The maximum Gasteiger partial charge on any atom is 0.0224 e. The van der Waals surface area contributed by atoms with Gasteiger partial charge in [-0.1, -0.05) is 39.5 Å². The van der Waals surface area contributed by atoms with Crippen LogP contribution in [-0.2, 0) is 13.0 Å². The molecule has 0 fully saturated rings. The van der Waals surface area contributed by atoms with Crippen LogP contribution in [0, 0.1) is 6.92 Å². The fraction of sp³-hybridized carbons (Fsp3) is 0.733. The van der Waals surface area contributed by atoms with Gasteiger partial charge in [0.25, 0.3) is 0 Å². The molecule has 0 aliphatic rings. The van der Waals surface area contributed by atoms with E-state index in [1.807, 2.05) is 0 Å². The van der Waals surface area contributed by atoms with Crippen LogP contribution in [0.1, 0.15) is 63.8 Å². The van der Waals surface area contributed by atoms with E-state index in [1.165, 1.54) is 57.2 Å². The molecule has 1 aromatic rings. The first-order valence-corrected chi connectivity index (χ1v) is 6.94. The molecule has 0 unspecified atom stereocenters. The Morgan fingerprint density at radius 1 is 0.938 bits per heavy atom. The first-order chi connectivity index (χ1) is 7.79. The highest BCUT2D eigenvalue weighted by atomic mass is 15.0. The van der Waals surface area contributed by atoms with Crippen molar-refractivity contribution < 1.29 is 0 Å². The molecule has 0 atom stereocenters. The Hall–Kier alpha value is -0.720. The summed E-state index contributed by atoms with van der Waals surface area (Å²) in [4.78, 5) is 0. The van der Waals surface area contributed by atoms with Crippen molar-refractivity contribution in [2.24, 2.45) is 0 Å². The summed E-state index contributed by atoms with van der Waals surface area (Å²) in [5.41, 5.74) is 2.98. The van der Waals surface area contributed by atoms with Gasteiger partial charge in [0, 0.05) is 17.9 Å². The molecule has 1 heterocycles. The van der Waals surface area contributed by atoms with Crippen LogP contribution in [0.2, 0.25) is 0 Å². The Balaban J connectivity index is 2.48. The second-order valence-electron chi connectivity index (χ2n) is 4.78. The highest BCUT2D eigenvalue weighted by Gasteiger charge is 2.04. The molecule has 1 aromatic heterocycles. The molecule has 1 rings (SSSR count). The first kappa shape index (κ1) is 13.3. The normalized spacial score (nSPS) is 10.9. The average Bonchev–Trinajstić information content (AvgIpc) is 2.62. The van der Waals surface area contributed by atoms with Crippen LogP contribution in [-0.4, -0.2) is 4.57 Å². The Kier molecular flexibility index (Phi) is 6.29. The summed E-state index contributed by atoms with van der Waals surface area (Å²) in [6, 6.07) is 4.59. The van der Waals surface area contributed by atoms with Crippen LogP contribution in [0.25, 0.3) is 0 Å². The van der Waals surface area contributed by atoms with Gasteiger partial charge in [-0.05, 0) is 38.3 Å². The number of aryl methyl sites for hydroxylation is 2. The molecule has 92 valence electrons. The number of rotatable bonds is 8. The lowest BCUT2D eigenvalue weighted by Gasteiger charge is -2.11. The van der Waals surface area contributed by atoms with Crippen molar-refractivity contribution in [3.05, 3.63) is 23.5 Å². The summed E-state index contributed by atoms with van der Waals surface area (Å²) >= 11 is 0. The van der Waals surface area contributed by atoms with E-state index in [0.29, 0.717) is 0 Å². The Labute approximate surface area is 101 Å². The molecule has 1 nitrogen and oxygen atoms in total. The summed E-state index contributed by atoms with van der Waals surface area (Å²) in [5, 5.41) is 0. The van der Waals surface area contributed by atoms with Crippen molar-refractivity contribution in [2.75, 3.05) is 0 Å². The Morgan fingerprint density at radius 3 is 2.31 bits per heavy atom. The lowest BCUT2D eigenvalue weighted by molar-refractivity contribution is 0.566. The molecule has 0 N–H and O–H groups in total. The molecular formula is C15H27N. The van der Waals surface area contributed by atoms with E-state index in [2.05, 4.69) is 37.5 Å². The summed E-state index contributed by atoms with van der Waals surface area (Å²) in [6.45, 7) is 7.99. The molecule has 0 radical (unpaired) electrons. The Morgan fingerprint density at radius 2 is 1.62 bits per heavy atom. The molecule has 0 bridgehead atoms. The summed E-state index contributed by atoms with van der Waals surface area (Å²) in [5.74, 6) is 0. The van der Waals surface area contributed by atoms with Gasteiger partial charge in [0.05, 0.1) is 0 Å². The summed E-state index contributed by atoms with van der Waals surface area (Å²) in [7, 11) is 0. The minimum absolute atomic E-state index is 1.22. The van der Waals surface area contributed by atoms with Gasteiger partial charge in [0.1, 0.15) is 0 Å². The highest BCUT2D eigenvalue weighted by Crippen LogP contribution is 2.13. The monoisotopic (exact) mass is 221 g/mol.